The third kappa shape index (κ3) is 3.82. The van der Waals surface area contributed by atoms with Gasteiger partial charge in [0.25, 0.3) is 0 Å². The van der Waals surface area contributed by atoms with Gasteiger partial charge in [0.15, 0.2) is 4.34 Å². The van der Waals surface area contributed by atoms with Crippen LogP contribution in [0.15, 0.2) is 46.8 Å². The highest BCUT2D eigenvalue weighted by Gasteiger charge is 2.12. The molecule has 4 nitrogen and oxygen atoms in total. The van der Waals surface area contributed by atoms with Crippen LogP contribution in [-0.2, 0) is 4.79 Å². The van der Waals surface area contributed by atoms with Crippen molar-refractivity contribution in [1.82, 2.24) is 9.97 Å². The minimum atomic E-state index is -0.0367. The summed E-state index contributed by atoms with van der Waals surface area (Å²) in [6.07, 6.45) is 0. The largest absolute Gasteiger partial charge is 0.325 e. The van der Waals surface area contributed by atoms with Gasteiger partial charge in [0.2, 0.25) is 5.91 Å². The number of aromatic nitrogens is 2. The summed E-state index contributed by atoms with van der Waals surface area (Å²) >= 11 is 3.09. The molecule has 0 atom stereocenters. The zero-order chi connectivity index (χ0) is 19.0. The molecule has 0 aliphatic carbocycles. The van der Waals surface area contributed by atoms with Gasteiger partial charge in [0, 0.05) is 11.1 Å². The third-order valence-corrected chi connectivity index (χ3v) is 6.43. The van der Waals surface area contributed by atoms with E-state index in [-0.39, 0.29) is 5.91 Å². The summed E-state index contributed by atoms with van der Waals surface area (Å²) in [5.74, 6) is 0.290. The Labute approximate surface area is 166 Å². The predicted octanol–water partition coefficient (Wildman–Crippen LogP) is 5.50. The maximum atomic E-state index is 12.6. The van der Waals surface area contributed by atoms with E-state index in [4.69, 9.17) is 0 Å². The quantitative estimate of drug-likeness (QED) is 0.465. The van der Waals surface area contributed by atoms with E-state index in [1.54, 1.807) is 11.3 Å². The lowest BCUT2D eigenvalue weighted by molar-refractivity contribution is -0.113. The topological polar surface area (TPSA) is 54.9 Å². The molecule has 136 valence electrons. The molecule has 2 heterocycles. The van der Waals surface area contributed by atoms with E-state index >= 15 is 0 Å². The predicted molar refractivity (Wildman–Crippen MR) is 115 cm³/mol. The Hall–Kier alpha value is -2.44. The second kappa shape index (κ2) is 7.29. The monoisotopic (exact) mass is 393 g/mol. The maximum absolute atomic E-state index is 12.6. The van der Waals surface area contributed by atoms with Crippen molar-refractivity contribution >= 4 is 55.8 Å². The van der Waals surface area contributed by atoms with Crippen LogP contribution in [0.25, 0.3) is 21.1 Å². The molecule has 6 heteroatoms. The first-order valence-corrected chi connectivity index (χ1v) is 10.5. The van der Waals surface area contributed by atoms with Crippen LogP contribution in [0.2, 0.25) is 0 Å². The van der Waals surface area contributed by atoms with Crippen LogP contribution in [-0.4, -0.2) is 21.6 Å². The fraction of sp³-hybridized carbons (Fsp3) is 0.190. The number of thioether (sulfide) groups is 1. The molecule has 0 saturated heterocycles. The summed E-state index contributed by atoms with van der Waals surface area (Å²) in [5, 5.41) is 4.04. The SMILES string of the molecule is Cc1cc(C)c2nc(C)cc(NC(=O)CSc3nc4ccccc4s3)c2c1. The number of aryl methyl sites for hydroxylation is 3. The van der Waals surface area contributed by atoms with E-state index in [2.05, 4.69) is 41.3 Å². The van der Waals surface area contributed by atoms with Gasteiger partial charge in [-0.25, -0.2) is 4.98 Å². The number of anilines is 1. The van der Waals surface area contributed by atoms with Crippen molar-refractivity contribution in [2.45, 2.75) is 25.1 Å². The zero-order valence-corrected chi connectivity index (χ0v) is 17.0. The first-order chi connectivity index (χ1) is 13.0. The number of hydrogen-bond acceptors (Lipinski definition) is 5. The van der Waals surface area contributed by atoms with Gasteiger partial charge in [-0.1, -0.05) is 35.5 Å². The van der Waals surface area contributed by atoms with E-state index in [0.717, 1.165) is 48.0 Å². The number of carbonyl (C=O) groups is 1. The number of thiazole rings is 1. The third-order valence-electron chi connectivity index (χ3n) is 4.25. The highest BCUT2D eigenvalue weighted by Crippen LogP contribution is 2.30. The van der Waals surface area contributed by atoms with Crippen molar-refractivity contribution in [1.29, 1.82) is 0 Å². The van der Waals surface area contributed by atoms with Crippen molar-refractivity contribution < 1.29 is 4.79 Å². The summed E-state index contributed by atoms with van der Waals surface area (Å²) < 4.78 is 2.05. The molecule has 0 radical (unpaired) electrons. The number of benzene rings is 2. The summed E-state index contributed by atoms with van der Waals surface area (Å²) in [5.41, 5.74) is 5.91. The summed E-state index contributed by atoms with van der Waals surface area (Å²) in [6.45, 7) is 6.06. The molecule has 0 saturated carbocycles. The van der Waals surface area contributed by atoms with Crippen LogP contribution in [0.5, 0.6) is 0 Å². The Kier molecular flexibility index (Phi) is 4.85. The zero-order valence-electron chi connectivity index (χ0n) is 15.4. The fourth-order valence-electron chi connectivity index (χ4n) is 3.14. The van der Waals surface area contributed by atoms with Gasteiger partial charge in [0.05, 0.1) is 27.2 Å². The van der Waals surface area contributed by atoms with Crippen LogP contribution < -0.4 is 5.32 Å². The molecule has 27 heavy (non-hydrogen) atoms. The molecule has 0 fully saturated rings. The van der Waals surface area contributed by atoms with Crippen LogP contribution in [0.1, 0.15) is 16.8 Å². The highest BCUT2D eigenvalue weighted by atomic mass is 32.2. The van der Waals surface area contributed by atoms with Crippen LogP contribution in [0, 0.1) is 20.8 Å². The standard InChI is InChI=1S/C21H19N3OS2/c1-12-8-13(2)20-15(9-12)17(10-14(3)22-20)23-19(25)11-26-21-24-16-6-4-5-7-18(16)27-21/h4-10H,11H2,1-3H3,(H,22,23,25). The molecular formula is C21H19N3OS2. The van der Waals surface area contributed by atoms with Gasteiger partial charge in [-0.05, 0) is 50.6 Å². The number of fused-ring (bicyclic) bond motifs is 2. The molecule has 2 aromatic carbocycles. The maximum Gasteiger partial charge on any atom is 0.234 e. The lowest BCUT2D eigenvalue weighted by Crippen LogP contribution is -2.14. The lowest BCUT2D eigenvalue weighted by Gasteiger charge is -2.12. The number of amides is 1. The highest BCUT2D eigenvalue weighted by molar-refractivity contribution is 8.01. The Morgan fingerprint density at radius 3 is 2.74 bits per heavy atom. The second-order valence-corrected chi connectivity index (χ2v) is 8.83. The summed E-state index contributed by atoms with van der Waals surface area (Å²) in [6, 6.07) is 14.1. The van der Waals surface area contributed by atoms with Gasteiger partial charge >= 0.3 is 0 Å². The molecule has 0 aliphatic heterocycles. The Morgan fingerprint density at radius 2 is 1.93 bits per heavy atom. The van der Waals surface area contributed by atoms with Gasteiger partial charge in [-0.3, -0.25) is 9.78 Å². The van der Waals surface area contributed by atoms with Crippen molar-refractivity contribution in [3.8, 4) is 0 Å². The summed E-state index contributed by atoms with van der Waals surface area (Å²) in [7, 11) is 0. The first-order valence-electron chi connectivity index (χ1n) is 8.66. The number of hydrogen-bond donors (Lipinski definition) is 1. The molecule has 0 unspecified atom stereocenters. The van der Waals surface area contributed by atoms with Crippen molar-refractivity contribution in [3.63, 3.8) is 0 Å². The number of rotatable bonds is 4. The van der Waals surface area contributed by atoms with Crippen molar-refractivity contribution in [2.24, 2.45) is 0 Å². The lowest BCUT2D eigenvalue weighted by atomic mass is 10.0. The van der Waals surface area contributed by atoms with Crippen LogP contribution >= 0.6 is 23.1 Å². The number of nitrogens with zero attached hydrogens (tertiary/aromatic N) is 2. The Balaban J connectivity index is 1.54. The number of para-hydroxylation sites is 1. The average Bonchev–Trinajstić information content (AvgIpc) is 3.04. The molecule has 0 spiro atoms. The van der Waals surface area contributed by atoms with Gasteiger partial charge in [0.1, 0.15) is 0 Å². The van der Waals surface area contributed by atoms with Crippen molar-refractivity contribution in [2.75, 3.05) is 11.1 Å². The molecule has 0 bridgehead atoms. The van der Waals surface area contributed by atoms with E-state index in [1.807, 2.05) is 37.3 Å². The van der Waals surface area contributed by atoms with Crippen LogP contribution in [0.3, 0.4) is 0 Å². The van der Waals surface area contributed by atoms with E-state index < -0.39 is 0 Å². The minimum absolute atomic E-state index is 0.0367. The van der Waals surface area contributed by atoms with Crippen molar-refractivity contribution in [3.05, 3.63) is 59.3 Å². The smallest absolute Gasteiger partial charge is 0.234 e. The molecular weight excluding hydrogens is 374 g/mol. The van der Waals surface area contributed by atoms with Gasteiger partial charge < -0.3 is 5.32 Å². The minimum Gasteiger partial charge on any atom is -0.325 e. The number of carbonyl (C=O) groups excluding carboxylic acids is 1. The number of pyridine rings is 1. The molecule has 0 aliphatic rings. The average molecular weight is 394 g/mol. The summed E-state index contributed by atoms with van der Waals surface area (Å²) in [4.78, 5) is 21.8. The van der Waals surface area contributed by atoms with E-state index in [0.29, 0.717) is 5.75 Å². The second-order valence-electron chi connectivity index (χ2n) is 6.57. The van der Waals surface area contributed by atoms with Gasteiger partial charge in [-0.2, -0.15) is 0 Å². The molecule has 2 aromatic heterocycles. The van der Waals surface area contributed by atoms with Crippen LogP contribution in [0.4, 0.5) is 5.69 Å². The normalized spacial score (nSPS) is 11.2. The van der Waals surface area contributed by atoms with E-state index in [9.17, 15) is 4.79 Å². The van der Waals surface area contributed by atoms with Gasteiger partial charge in [-0.15, -0.1) is 11.3 Å². The molecule has 4 aromatic rings. The molecule has 1 N–H and O–H groups in total. The first kappa shape index (κ1) is 17.9. The Morgan fingerprint density at radius 1 is 1.11 bits per heavy atom. The number of nitrogens with one attached hydrogen (secondary N) is 1. The fourth-order valence-corrected chi connectivity index (χ4v) is 5.01. The molecule has 1 amide bonds. The molecule has 4 rings (SSSR count). The Bertz CT molecular complexity index is 1130. The van der Waals surface area contributed by atoms with E-state index in [1.165, 1.54) is 11.8 Å².